The van der Waals surface area contributed by atoms with E-state index in [9.17, 15) is 18.5 Å². The van der Waals surface area contributed by atoms with Crippen LogP contribution >= 0.6 is 0 Å². The van der Waals surface area contributed by atoms with Crippen LogP contribution in [0, 0.1) is 10.1 Å². The molecule has 2 aromatic rings. The number of hydrogen-bond acceptors (Lipinski definition) is 5. The van der Waals surface area contributed by atoms with Crippen LogP contribution in [0.5, 0.6) is 5.75 Å². The van der Waals surface area contributed by atoms with Crippen LogP contribution in [0.15, 0.2) is 53.4 Å². The third-order valence-corrected chi connectivity index (χ3v) is 4.86. The van der Waals surface area contributed by atoms with Gasteiger partial charge in [0, 0.05) is 12.1 Å². The molecule has 0 saturated heterocycles. The van der Waals surface area contributed by atoms with E-state index >= 15 is 0 Å². The summed E-state index contributed by atoms with van der Waals surface area (Å²) < 4.78 is 32.6. The van der Waals surface area contributed by atoms with Crippen LogP contribution in [0.3, 0.4) is 0 Å². The third kappa shape index (κ3) is 3.85. The molecule has 0 bridgehead atoms. The van der Waals surface area contributed by atoms with Crippen molar-refractivity contribution in [3.63, 3.8) is 0 Å². The van der Waals surface area contributed by atoms with Crippen LogP contribution in [-0.2, 0) is 10.0 Å². The molecule has 0 fully saturated rings. The first-order valence-corrected chi connectivity index (χ1v) is 8.23. The average molecular weight is 336 g/mol. The summed E-state index contributed by atoms with van der Waals surface area (Å²) in [6, 6.07) is 12.0. The minimum Gasteiger partial charge on any atom is -0.495 e. The molecule has 0 spiro atoms. The minimum atomic E-state index is -3.89. The zero-order chi connectivity index (χ0) is 17.0. The van der Waals surface area contributed by atoms with E-state index in [1.807, 2.05) is 18.2 Å². The molecule has 122 valence electrons. The summed E-state index contributed by atoms with van der Waals surface area (Å²) >= 11 is 0. The van der Waals surface area contributed by atoms with Crippen LogP contribution < -0.4 is 9.46 Å². The number of benzene rings is 2. The molecule has 0 saturated carbocycles. The van der Waals surface area contributed by atoms with Gasteiger partial charge in [-0.05, 0) is 18.6 Å². The molecule has 23 heavy (non-hydrogen) atoms. The standard InChI is InChI=1S/C15H16N2O5S/c1-11(12-6-4-3-5-7-12)16-23(20,21)15-9-8-13(17(18)19)10-14(15)22-2/h3-11,16H,1-2H3. The molecule has 0 aromatic heterocycles. The number of nitro benzene ring substituents is 1. The molecule has 7 nitrogen and oxygen atoms in total. The summed E-state index contributed by atoms with van der Waals surface area (Å²) in [7, 11) is -2.63. The molecule has 1 N–H and O–H groups in total. The second kappa shape index (κ2) is 6.76. The average Bonchev–Trinajstić information content (AvgIpc) is 2.54. The van der Waals surface area contributed by atoms with Crippen LogP contribution in [0.25, 0.3) is 0 Å². The summed E-state index contributed by atoms with van der Waals surface area (Å²) in [6.45, 7) is 1.71. The number of non-ortho nitro benzene ring substituents is 1. The first-order valence-electron chi connectivity index (χ1n) is 6.75. The number of nitrogens with one attached hydrogen (secondary N) is 1. The van der Waals surface area contributed by atoms with Crippen LogP contribution in [-0.4, -0.2) is 20.5 Å². The fourth-order valence-corrected chi connectivity index (χ4v) is 3.48. The largest absolute Gasteiger partial charge is 0.495 e. The highest BCUT2D eigenvalue weighted by atomic mass is 32.2. The molecule has 2 rings (SSSR count). The Bertz CT molecular complexity index is 806. The first kappa shape index (κ1) is 16.9. The van der Waals surface area contributed by atoms with Gasteiger partial charge in [0.15, 0.2) is 0 Å². The van der Waals surface area contributed by atoms with E-state index in [1.165, 1.54) is 7.11 Å². The van der Waals surface area contributed by atoms with Crippen molar-refractivity contribution in [2.75, 3.05) is 7.11 Å². The van der Waals surface area contributed by atoms with E-state index < -0.39 is 21.0 Å². The van der Waals surface area contributed by atoms with Crippen molar-refractivity contribution in [2.45, 2.75) is 17.9 Å². The maximum Gasteiger partial charge on any atom is 0.273 e. The van der Waals surface area contributed by atoms with Gasteiger partial charge in [0.2, 0.25) is 10.0 Å². The topological polar surface area (TPSA) is 98.5 Å². The van der Waals surface area contributed by atoms with Crippen molar-refractivity contribution in [3.8, 4) is 5.75 Å². The number of nitro groups is 1. The summed E-state index contributed by atoms with van der Waals surface area (Å²) in [4.78, 5) is 10.0. The second-order valence-electron chi connectivity index (χ2n) is 4.85. The van der Waals surface area contributed by atoms with Crippen molar-refractivity contribution in [2.24, 2.45) is 0 Å². The number of ether oxygens (including phenoxy) is 1. The highest BCUT2D eigenvalue weighted by molar-refractivity contribution is 7.89. The monoisotopic (exact) mass is 336 g/mol. The fraction of sp³-hybridized carbons (Fsp3) is 0.200. The highest BCUT2D eigenvalue weighted by Crippen LogP contribution is 2.29. The summed E-state index contributed by atoms with van der Waals surface area (Å²) in [6.07, 6.45) is 0. The van der Waals surface area contributed by atoms with Crippen molar-refractivity contribution >= 4 is 15.7 Å². The van der Waals surface area contributed by atoms with Gasteiger partial charge in [0.05, 0.1) is 18.1 Å². The second-order valence-corrected chi connectivity index (χ2v) is 6.53. The lowest BCUT2D eigenvalue weighted by molar-refractivity contribution is -0.385. The molecule has 0 radical (unpaired) electrons. The van der Waals surface area contributed by atoms with Gasteiger partial charge >= 0.3 is 0 Å². The Hall–Kier alpha value is -2.45. The quantitative estimate of drug-likeness (QED) is 0.646. The lowest BCUT2D eigenvalue weighted by atomic mass is 10.1. The fourth-order valence-electron chi connectivity index (χ4n) is 2.10. The summed E-state index contributed by atoms with van der Waals surface area (Å²) in [5.41, 5.74) is 0.564. The maximum absolute atomic E-state index is 12.5. The molecule has 0 aliphatic carbocycles. The van der Waals surface area contributed by atoms with Gasteiger partial charge in [-0.3, -0.25) is 10.1 Å². The number of hydrogen-bond donors (Lipinski definition) is 1. The Morgan fingerprint density at radius 2 is 1.83 bits per heavy atom. The molecule has 0 amide bonds. The zero-order valence-corrected chi connectivity index (χ0v) is 13.4. The SMILES string of the molecule is COc1cc([N+](=O)[O-])ccc1S(=O)(=O)NC(C)c1ccccc1. The molecule has 1 unspecified atom stereocenters. The number of sulfonamides is 1. The minimum absolute atomic E-state index is 0.0769. The molecule has 0 aliphatic rings. The number of nitrogens with zero attached hydrogens (tertiary/aromatic N) is 1. The Balaban J connectivity index is 2.34. The molecular formula is C15H16N2O5S. The Labute approximate surface area is 134 Å². The van der Waals surface area contributed by atoms with Gasteiger partial charge in [0.25, 0.3) is 5.69 Å². The van der Waals surface area contributed by atoms with E-state index in [4.69, 9.17) is 4.74 Å². The molecule has 1 atom stereocenters. The van der Waals surface area contributed by atoms with Crippen molar-refractivity contribution < 1.29 is 18.1 Å². The van der Waals surface area contributed by atoms with Crippen LogP contribution in [0.1, 0.15) is 18.5 Å². The summed E-state index contributed by atoms with van der Waals surface area (Å²) in [5.74, 6) is -0.0769. The first-order chi connectivity index (χ1) is 10.8. The molecule has 2 aromatic carbocycles. The Kier molecular flexibility index (Phi) is 4.97. The maximum atomic E-state index is 12.5. The lowest BCUT2D eigenvalue weighted by Gasteiger charge is -2.16. The third-order valence-electron chi connectivity index (χ3n) is 3.28. The van der Waals surface area contributed by atoms with Crippen molar-refractivity contribution in [1.82, 2.24) is 4.72 Å². The molecular weight excluding hydrogens is 320 g/mol. The van der Waals surface area contributed by atoms with Gasteiger partial charge < -0.3 is 4.74 Å². The molecule has 8 heteroatoms. The number of rotatable bonds is 6. The van der Waals surface area contributed by atoms with Crippen molar-refractivity contribution in [1.29, 1.82) is 0 Å². The van der Waals surface area contributed by atoms with Gasteiger partial charge in [-0.1, -0.05) is 30.3 Å². The predicted molar refractivity (Wildman–Crippen MR) is 84.8 cm³/mol. The van der Waals surface area contributed by atoms with Crippen LogP contribution in [0.4, 0.5) is 5.69 Å². The normalized spacial score (nSPS) is 12.6. The smallest absolute Gasteiger partial charge is 0.273 e. The van der Waals surface area contributed by atoms with Gasteiger partial charge in [-0.2, -0.15) is 0 Å². The van der Waals surface area contributed by atoms with Gasteiger partial charge in [-0.25, -0.2) is 13.1 Å². The van der Waals surface area contributed by atoms with E-state index in [0.717, 1.165) is 23.8 Å². The van der Waals surface area contributed by atoms with Crippen molar-refractivity contribution in [3.05, 3.63) is 64.2 Å². The van der Waals surface area contributed by atoms with E-state index in [1.54, 1.807) is 19.1 Å². The zero-order valence-electron chi connectivity index (χ0n) is 12.6. The van der Waals surface area contributed by atoms with Crippen LogP contribution in [0.2, 0.25) is 0 Å². The van der Waals surface area contributed by atoms with E-state index in [2.05, 4.69) is 4.72 Å². The lowest BCUT2D eigenvalue weighted by Crippen LogP contribution is -2.27. The highest BCUT2D eigenvalue weighted by Gasteiger charge is 2.24. The van der Waals surface area contributed by atoms with E-state index in [-0.39, 0.29) is 16.3 Å². The van der Waals surface area contributed by atoms with E-state index in [0.29, 0.717) is 0 Å². The Morgan fingerprint density at radius 3 is 2.39 bits per heavy atom. The summed E-state index contributed by atoms with van der Waals surface area (Å²) in [5, 5.41) is 10.8. The van der Waals surface area contributed by atoms with Gasteiger partial charge in [-0.15, -0.1) is 0 Å². The predicted octanol–water partition coefficient (Wildman–Crippen LogP) is 2.64. The number of methoxy groups -OCH3 is 1. The Morgan fingerprint density at radius 1 is 1.17 bits per heavy atom. The van der Waals surface area contributed by atoms with Gasteiger partial charge in [0.1, 0.15) is 10.6 Å². The molecule has 0 aliphatic heterocycles. The molecule has 0 heterocycles.